The van der Waals surface area contributed by atoms with Gasteiger partial charge in [-0.3, -0.25) is 9.79 Å². The number of hydrogen-bond donors (Lipinski definition) is 2. The summed E-state index contributed by atoms with van der Waals surface area (Å²) in [4.78, 5) is 17.9. The van der Waals surface area contributed by atoms with E-state index in [-0.39, 0.29) is 5.91 Å². The van der Waals surface area contributed by atoms with Crippen LogP contribution in [-0.2, 0) is 22.6 Å². The number of likely N-dealkylation sites (tertiary alicyclic amines) is 1. The second kappa shape index (κ2) is 11.5. The third-order valence-corrected chi connectivity index (χ3v) is 4.46. The Bertz CT molecular complexity index is 572. The van der Waals surface area contributed by atoms with Gasteiger partial charge in [0.2, 0.25) is 5.91 Å². The molecule has 2 rings (SSSR count). The van der Waals surface area contributed by atoms with E-state index in [9.17, 15) is 4.79 Å². The summed E-state index contributed by atoms with van der Waals surface area (Å²) in [5, 5.41) is 6.65. The summed E-state index contributed by atoms with van der Waals surface area (Å²) in [5.41, 5.74) is 2.38. The highest BCUT2D eigenvalue weighted by atomic mass is 16.5. The van der Waals surface area contributed by atoms with Gasteiger partial charge in [0, 0.05) is 52.9 Å². The van der Waals surface area contributed by atoms with Gasteiger partial charge in [-0.1, -0.05) is 24.3 Å². The van der Waals surface area contributed by atoms with Gasteiger partial charge in [-0.25, -0.2) is 0 Å². The number of amides is 1. The summed E-state index contributed by atoms with van der Waals surface area (Å²) in [7, 11) is 1.78. The van der Waals surface area contributed by atoms with Crippen molar-refractivity contribution in [2.75, 3.05) is 33.4 Å². The quantitative estimate of drug-likeness (QED) is 0.382. The molecule has 1 aromatic carbocycles. The molecule has 0 radical (unpaired) electrons. The lowest BCUT2D eigenvalue weighted by Crippen LogP contribution is -2.37. The number of carbonyl (C=O) groups excluding carboxylic acids is 1. The molecular weight excluding hydrogens is 328 g/mol. The monoisotopic (exact) mass is 360 g/mol. The van der Waals surface area contributed by atoms with Gasteiger partial charge in [0.1, 0.15) is 0 Å². The first-order valence-corrected chi connectivity index (χ1v) is 9.60. The van der Waals surface area contributed by atoms with Crippen molar-refractivity contribution < 1.29 is 9.53 Å². The number of carbonyl (C=O) groups is 1. The van der Waals surface area contributed by atoms with Gasteiger partial charge in [0.05, 0.1) is 0 Å². The van der Waals surface area contributed by atoms with Crippen molar-refractivity contribution in [3.8, 4) is 0 Å². The molecular formula is C20H32N4O2. The lowest BCUT2D eigenvalue weighted by atomic mass is 10.1. The summed E-state index contributed by atoms with van der Waals surface area (Å²) in [6, 6.07) is 8.43. The fourth-order valence-electron chi connectivity index (χ4n) is 2.94. The Morgan fingerprint density at radius 3 is 2.62 bits per heavy atom. The van der Waals surface area contributed by atoms with Crippen LogP contribution < -0.4 is 10.6 Å². The fraction of sp³-hybridized carbons (Fsp3) is 0.600. The van der Waals surface area contributed by atoms with E-state index in [0.29, 0.717) is 6.42 Å². The number of guanidine groups is 1. The number of rotatable bonds is 10. The molecule has 26 heavy (non-hydrogen) atoms. The van der Waals surface area contributed by atoms with Gasteiger partial charge in [0.25, 0.3) is 0 Å². The number of aliphatic imine (C=N–C) groups is 1. The molecule has 0 unspecified atom stereocenters. The zero-order valence-electron chi connectivity index (χ0n) is 16.1. The van der Waals surface area contributed by atoms with Crippen molar-refractivity contribution in [2.24, 2.45) is 4.99 Å². The van der Waals surface area contributed by atoms with Crippen LogP contribution >= 0.6 is 0 Å². The lowest BCUT2D eigenvalue weighted by Gasteiger charge is -2.16. The predicted molar refractivity (Wildman–Crippen MR) is 105 cm³/mol. The van der Waals surface area contributed by atoms with Crippen molar-refractivity contribution >= 4 is 11.9 Å². The average molecular weight is 361 g/mol. The summed E-state index contributed by atoms with van der Waals surface area (Å²) in [6.45, 7) is 6.83. The van der Waals surface area contributed by atoms with Crippen molar-refractivity contribution in [1.29, 1.82) is 0 Å². The minimum atomic E-state index is 0.270. The predicted octanol–water partition coefficient (Wildman–Crippen LogP) is 2.29. The molecule has 0 spiro atoms. The van der Waals surface area contributed by atoms with Crippen molar-refractivity contribution in [1.82, 2.24) is 15.5 Å². The maximum atomic E-state index is 11.7. The van der Waals surface area contributed by atoms with Gasteiger partial charge in [-0.05, 0) is 37.3 Å². The first-order valence-electron chi connectivity index (χ1n) is 9.60. The van der Waals surface area contributed by atoms with Crippen LogP contribution in [0.25, 0.3) is 0 Å². The Morgan fingerprint density at radius 1 is 1.19 bits per heavy atom. The van der Waals surface area contributed by atoms with Gasteiger partial charge in [0.15, 0.2) is 5.96 Å². The van der Waals surface area contributed by atoms with Crippen LogP contribution in [0.4, 0.5) is 0 Å². The highest BCUT2D eigenvalue weighted by molar-refractivity contribution is 5.79. The molecule has 1 aliphatic heterocycles. The Morgan fingerprint density at radius 2 is 1.96 bits per heavy atom. The number of nitrogens with zero attached hydrogens (tertiary/aromatic N) is 2. The summed E-state index contributed by atoms with van der Waals surface area (Å²) >= 11 is 0. The summed E-state index contributed by atoms with van der Waals surface area (Å²) in [5.74, 6) is 1.08. The fourth-order valence-corrected chi connectivity index (χ4v) is 2.94. The molecule has 6 nitrogen and oxygen atoms in total. The van der Waals surface area contributed by atoms with Crippen LogP contribution in [0.1, 0.15) is 43.7 Å². The van der Waals surface area contributed by atoms with Crippen molar-refractivity contribution in [3.05, 3.63) is 35.4 Å². The first-order chi connectivity index (χ1) is 12.7. The third-order valence-electron chi connectivity index (χ3n) is 4.46. The normalized spacial score (nSPS) is 14.8. The maximum Gasteiger partial charge on any atom is 0.222 e. The molecule has 6 heteroatoms. The molecule has 1 amide bonds. The van der Waals surface area contributed by atoms with E-state index in [1.54, 1.807) is 7.05 Å². The second-order valence-electron chi connectivity index (χ2n) is 6.49. The number of unbranched alkanes of at least 4 members (excludes halogenated alkanes) is 1. The molecule has 1 fully saturated rings. The zero-order valence-corrected chi connectivity index (χ0v) is 16.1. The number of benzene rings is 1. The van der Waals surface area contributed by atoms with Gasteiger partial charge >= 0.3 is 0 Å². The Balaban J connectivity index is 1.68. The lowest BCUT2D eigenvalue weighted by molar-refractivity contribution is -0.128. The van der Waals surface area contributed by atoms with Crippen LogP contribution in [-0.4, -0.2) is 50.1 Å². The van der Waals surface area contributed by atoms with Crippen LogP contribution in [0, 0.1) is 0 Å². The van der Waals surface area contributed by atoms with E-state index in [0.717, 1.165) is 64.6 Å². The van der Waals surface area contributed by atoms with E-state index in [2.05, 4.69) is 39.9 Å². The molecule has 1 heterocycles. The van der Waals surface area contributed by atoms with Crippen LogP contribution in [0.5, 0.6) is 0 Å². The Hall–Kier alpha value is -2.08. The SMILES string of the molecule is CCOCCCCNC(=NC)NCc1ccc(CN2CCCC2=O)cc1. The second-order valence-corrected chi connectivity index (χ2v) is 6.49. The van der Waals surface area contributed by atoms with Crippen LogP contribution in [0.15, 0.2) is 29.3 Å². The zero-order chi connectivity index (χ0) is 18.6. The molecule has 0 bridgehead atoms. The third kappa shape index (κ3) is 7.04. The molecule has 0 saturated carbocycles. The van der Waals surface area contributed by atoms with Crippen molar-refractivity contribution in [2.45, 2.75) is 45.7 Å². The highest BCUT2D eigenvalue weighted by Crippen LogP contribution is 2.14. The number of nitrogens with one attached hydrogen (secondary N) is 2. The van der Waals surface area contributed by atoms with Gasteiger partial charge in [-0.15, -0.1) is 0 Å². The minimum absolute atomic E-state index is 0.270. The molecule has 144 valence electrons. The molecule has 0 aromatic heterocycles. The average Bonchev–Trinajstić information content (AvgIpc) is 3.06. The summed E-state index contributed by atoms with van der Waals surface area (Å²) < 4.78 is 5.33. The number of hydrogen-bond acceptors (Lipinski definition) is 3. The Kier molecular flexibility index (Phi) is 8.96. The maximum absolute atomic E-state index is 11.7. The molecule has 2 N–H and O–H groups in total. The van der Waals surface area contributed by atoms with E-state index >= 15 is 0 Å². The smallest absolute Gasteiger partial charge is 0.222 e. The largest absolute Gasteiger partial charge is 0.382 e. The molecule has 0 atom stereocenters. The van der Waals surface area contributed by atoms with E-state index < -0.39 is 0 Å². The molecule has 0 aliphatic carbocycles. The van der Waals surface area contributed by atoms with E-state index in [4.69, 9.17) is 4.74 Å². The highest BCUT2D eigenvalue weighted by Gasteiger charge is 2.19. The van der Waals surface area contributed by atoms with Crippen LogP contribution in [0.2, 0.25) is 0 Å². The standard InChI is InChI=1S/C20H32N4O2/c1-3-26-14-5-4-12-22-20(21-2)23-15-17-8-10-18(11-9-17)16-24-13-6-7-19(24)25/h8-11H,3-7,12-16H2,1-2H3,(H2,21,22,23). The van der Waals surface area contributed by atoms with E-state index in [1.807, 2.05) is 11.8 Å². The van der Waals surface area contributed by atoms with Gasteiger partial charge < -0.3 is 20.3 Å². The summed E-state index contributed by atoms with van der Waals surface area (Å²) in [6.07, 6.45) is 3.79. The Labute approximate surface area is 157 Å². The van der Waals surface area contributed by atoms with Crippen LogP contribution in [0.3, 0.4) is 0 Å². The molecule has 1 saturated heterocycles. The van der Waals surface area contributed by atoms with Crippen molar-refractivity contribution in [3.63, 3.8) is 0 Å². The minimum Gasteiger partial charge on any atom is -0.382 e. The van der Waals surface area contributed by atoms with E-state index in [1.165, 1.54) is 11.1 Å². The number of ether oxygens (including phenoxy) is 1. The molecule has 1 aliphatic rings. The topological polar surface area (TPSA) is 66.0 Å². The van der Waals surface area contributed by atoms with Gasteiger partial charge in [-0.2, -0.15) is 0 Å². The molecule has 1 aromatic rings. The first kappa shape index (κ1) is 20.2.